The monoisotopic (exact) mass is 296 g/mol. The minimum Gasteiger partial charge on any atom is -0.350 e. The minimum absolute atomic E-state index is 0.230. The maximum atomic E-state index is 13.6. The number of benzene rings is 1. The van der Waals surface area contributed by atoms with Gasteiger partial charge in [-0.15, -0.1) is 0 Å². The third-order valence-corrected chi connectivity index (χ3v) is 4.05. The first kappa shape index (κ1) is 15.9. The smallest absolute Gasteiger partial charge is 0.254 e. The van der Waals surface area contributed by atoms with Crippen LogP contribution in [0.15, 0.2) is 18.2 Å². The van der Waals surface area contributed by atoms with E-state index in [2.05, 4.69) is 24.1 Å². The van der Waals surface area contributed by atoms with Crippen molar-refractivity contribution in [3.8, 4) is 0 Å². The van der Waals surface area contributed by atoms with Gasteiger partial charge in [0, 0.05) is 12.6 Å². The average molecular weight is 296 g/mol. The molecule has 1 N–H and O–H groups in total. The summed E-state index contributed by atoms with van der Waals surface area (Å²) in [6.07, 6.45) is 2.35. The summed E-state index contributed by atoms with van der Waals surface area (Å²) < 4.78 is 26.7. The molecule has 0 aromatic heterocycles. The number of rotatable bonds is 5. The van der Waals surface area contributed by atoms with Gasteiger partial charge < -0.3 is 5.32 Å². The third kappa shape index (κ3) is 3.79. The quantitative estimate of drug-likeness (QED) is 0.906. The molecule has 1 aliphatic heterocycles. The van der Waals surface area contributed by atoms with E-state index < -0.39 is 17.5 Å². The number of carbonyl (C=O) groups is 1. The molecule has 21 heavy (non-hydrogen) atoms. The molecule has 0 spiro atoms. The number of amides is 1. The molecule has 116 valence electrons. The first-order valence-electron chi connectivity index (χ1n) is 7.47. The zero-order chi connectivity index (χ0) is 15.4. The first-order valence-corrected chi connectivity index (χ1v) is 7.47. The molecule has 3 nitrogen and oxygen atoms in total. The van der Waals surface area contributed by atoms with Crippen molar-refractivity contribution in [3.63, 3.8) is 0 Å². The molecular weight excluding hydrogens is 274 g/mol. The highest BCUT2D eigenvalue weighted by molar-refractivity contribution is 5.94. The summed E-state index contributed by atoms with van der Waals surface area (Å²) in [5.41, 5.74) is -0.237. The zero-order valence-electron chi connectivity index (χ0n) is 12.5. The van der Waals surface area contributed by atoms with Crippen molar-refractivity contribution in [1.82, 2.24) is 10.2 Å². The molecule has 0 radical (unpaired) electrons. The number of likely N-dealkylation sites (tertiary alicyclic amines) is 1. The Balaban J connectivity index is 2.00. The Kier molecular flexibility index (Phi) is 5.28. The van der Waals surface area contributed by atoms with Crippen LogP contribution in [-0.4, -0.2) is 36.5 Å². The number of nitrogens with zero attached hydrogens (tertiary/aromatic N) is 1. The van der Waals surface area contributed by atoms with Crippen LogP contribution in [0.4, 0.5) is 8.78 Å². The minimum atomic E-state index is -1.09. The largest absolute Gasteiger partial charge is 0.350 e. The lowest BCUT2D eigenvalue weighted by Gasteiger charge is -2.31. The van der Waals surface area contributed by atoms with Crippen molar-refractivity contribution < 1.29 is 13.6 Å². The lowest BCUT2D eigenvalue weighted by molar-refractivity contribution is 0.0922. The van der Waals surface area contributed by atoms with Crippen LogP contribution >= 0.6 is 0 Å². The van der Waals surface area contributed by atoms with Gasteiger partial charge in [-0.3, -0.25) is 9.69 Å². The molecule has 1 amide bonds. The van der Waals surface area contributed by atoms with Crippen molar-refractivity contribution in [2.75, 3.05) is 19.6 Å². The second-order valence-corrected chi connectivity index (χ2v) is 5.87. The standard InChI is InChI=1S/C16H22F2N2O/c1-11(2)14(20-8-3-4-9-20)10-19-16(21)12-6-5-7-13(17)15(12)18/h5-7,11,14H,3-4,8-10H2,1-2H3,(H,19,21). The van der Waals surface area contributed by atoms with Gasteiger partial charge in [-0.25, -0.2) is 8.78 Å². The molecule has 5 heteroatoms. The van der Waals surface area contributed by atoms with E-state index in [0.717, 1.165) is 19.2 Å². The van der Waals surface area contributed by atoms with Gasteiger partial charge in [0.05, 0.1) is 5.56 Å². The summed E-state index contributed by atoms with van der Waals surface area (Å²) >= 11 is 0. The molecule has 1 aromatic rings. The fraction of sp³-hybridized carbons (Fsp3) is 0.562. The maximum absolute atomic E-state index is 13.6. The van der Waals surface area contributed by atoms with E-state index in [-0.39, 0.29) is 11.6 Å². The number of nitrogens with one attached hydrogen (secondary N) is 1. The Bertz CT molecular complexity index is 499. The summed E-state index contributed by atoms with van der Waals surface area (Å²) in [5, 5.41) is 2.74. The highest BCUT2D eigenvalue weighted by Crippen LogP contribution is 2.17. The van der Waals surface area contributed by atoms with Gasteiger partial charge in [0.15, 0.2) is 11.6 Å². The lowest BCUT2D eigenvalue weighted by Crippen LogP contribution is -2.45. The lowest BCUT2D eigenvalue weighted by atomic mass is 10.0. The molecule has 2 rings (SSSR count). The molecule has 0 bridgehead atoms. The number of carbonyl (C=O) groups excluding carboxylic acids is 1. The highest BCUT2D eigenvalue weighted by atomic mass is 19.2. The van der Waals surface area contributed by atoms with Crippen LogP contribution in [0, 0.1) is 17.6 Å². The van der Waals surface area contributed by atoms with Crippen LogP contribution in [0.1, 0.15) is 37.0 Å². The van der Waals surface area contributed by atoms with E-state index in [1.54, 1.807) is 0 Å². The van der Waals surface area contributed by atoms with Crippen LogP contribution in [0.25, 0.3) is 0 Å². The van der Waals surface area contributed by atoms with Gasteiger partial charge in [0.1, 0.15) is 0 Å². The van der Waals surface area contributed by atoms with Crippen LogP contribution in [0.5, 0.6) is 0 Å². The van der Waals surface area contributed by atoms with E-state index in [9.17, 15) is 13.6 Å². The second-order valence-electron chi connectivity index (χ2n) is 5.87. The van der Waals surface area contributed by atoms with Crippen LogP contribution in [-0.2, 0) is 0 Å². The first-order chi connectivity index (χ1) is 10.0. The zero-order valence-corrected chi connectivity index (χ0v) is 12.5. The van der Waals surface area contributed by atoms with E-state index >= 15 is 0 Å². The summed E-state index contributed by atoms with van der Waals surface area (Å²) in [6.45, 7) is 6.74. The van der Waals surface area contributed by atoms with Crippen LogP contribution in [0.3, 0.4) is 0 Å². The third-order valence-electron chi connectivity index (χ3n) is 4.05. The fourth-order valence-electron chi connectivity index (χ4n) is 2.83. The van der Waals surface area contributed by atoms with E-state index in [0.29, 0.717) is 12.5 Å². The van der Waals surface area contributed by atoms with Crippen LogP contribution in [0.2, 0.25) is 0 Å². The molecule has 1 unspecified atom stereocenters. The van der Waals surface area contributed by atoms with Crippen molar-refractivity contribution in [1.29, 1.82) is 0 Å². The maximum Gasteiger partial charge on any atom is 0.254 e. The van der Waals surface area contributed by atoms with Crippen molar-refractivity contribution in [3.05, 3.63) is 35.4 Å². The van der Waals surface area contributed by atoms with Gasteiger partial charge in [-0.05, 0) is 44.0 Å². The molecule has 1 fully saturated rings. The summed E-state index contributed by atoms with van der Waals surface area (Å²) in [5.74, 6) is -2.25. The van der Waals surface area contributed by atoms with E-state index in [1.165, 1.54) is 25.0 Å². The topological polar surface area (TPSA) is 32.3 Å². The Hall–Kier alpha value is -1.49. The van der Waals surface area contributed by atoms with E-state index in [4.69, 9.17) is 0 Å². The second kappa shape index (κ2) is 6.98. The Labute approximate surface area is 124 Å². The summed E-state index contributed by atoms with van der Waals surface area (Å²) in [4.78, 5) is 14.4. The Morgan fingerprint density at radius 1 is 1.29 bits per heavy atom. The highest BCUT2D eigenvalue weighted by Gasteiger charge is 2.25. The molecule has 1 aromatic carbocycles. The molecule has 1 atom stereocenters. The SMILES string of the molecule is CC(C)C(CNC(=O)c1cccc(F)c1F)N1CCCC1. The number of hydrogen-bond donors (Lipinski definition) is 1. The van der Waals surface area contributed by atoms with Gasteiger partial charge in [-0.2, -0.15) is 0 Å². The number of hydrogen-bond acceptors (Lipinski definition) is 2. The van der Waals surface area contributed by atoms with Gasteiger partial charge in [0.25, 0.3) is 5.91 Å². The predicted molar refractivity (Wildman–Crippen MR) is 78.1 cm³/mol. The molecule has 0 aliphatic carbocycles. The molecule has 1 heterocycles. The van der Waals surface area contributed by atoms with Gasteiger partial charge in [-0.1, -0.05) is 19.9 Å². The molecular formula is C16H22F2N2O. The molecule has 1 aliphatic rings. The normalized spacial score (nSPS) is 17.2. The predicted octanol–water partition coefficient (Wildman–Crippen LogP) is 2.82. The fourth-order valence-corrected chi connectivity index (χ4v) is 2.83. The van der Waals surface area contributed by atoms with E-state index in [1.807, 2.05) is 0 Å². The van der Waals surface area contributed by atoms with Gasteiger partial charge in [0.2, 0.25) is 0 Å². The van der Waals surface area contributed by atoms with Crippen molar-refractivity contribution in [2.24, 2.45) is 5.92 Å². The Morgan fingerprint density at radius 3 is 2.57 bits per heavy atom. The van der Waals surface area contributed by atoms with Crippen molar-refractivity contribution >= 4 is 5.91 Å². The number of halogens is 2. The average Bonchev–Trinajstić information content (AvgIpc) is 2.95. The molecule has 1 saturated heterocycles. The van der Waals surface area contributed by atoms with Crippen molar-refractivity contribution in [2.45, 2.75) is 32.7 Å². The van der Waals surface area contributed by atoms with Gasteiger partial charge >= 0.3 is 0 Å². The molecule has 0 saturated carbocycles. The summed E-state index contributed by atoms with van der Waals surface area (Å²) in [7, 11) is 0. The summed E-state index contributed by atoms with van der Waals surface area (Å²) in [6, 6.07) is 3.88. The van der Waals surface area contributed by atoms with Crippen LogP contribution < -0.4 is 5.32 Å². The Morgan fingerprint density at radius 2 is 1.95 bits per heavy atom.